The van der Waals surface area contributed by atoms with Crippen molar-refractivity contribution in [3.05, 3.63) is 78.0 Å². The van der Waals surface area contributed by atoms with Crippen LogP contribution in [0.4, 0.5) is 16.3 Å². The first-order chi connectivity index (χ1) is 15.5. The molecule has 32 heavy (non-hydrogen) atoms. The number of halogens is 1. The van der Waals surface area contributed by atoms with Crippen LogP contribution in [0.5, 0.6) is 5.75 Å². The highest BCUT2D eigenvalue weighted by Crippen LogP contribution is 2.32. The number of alkyl halides is 1. The summed E-state index contributed by atoms with van der Waals surface area (Å²) in [7, 11) is 0. The van der Waals surface area contributed by atoms with Gasteiger partial charge in [-0.25, -0.2) is 9.48 Å². The molecule has 3 N–H and O–H groups in total. The van der Waals surface area contributed by atoms with E-state index in [4.69, 9.17) is 5.10 Å². The van der Waals surface area contributed by atoms with Crippen LogP contribution in [0, 0.1) is 6.92 Å². The predicted molar refractivity (Wildman–Crippen MR) is 138 cm³/mol. The number of amides is 2. The number of urea groups is 1. The van der Waals surface area contributed by atoms with Gasteiger partial charge in [0.1, 0.15) is 11.6 Å². The Balaban J connectivity index is 1.64. The topological polar surface area (TPSA) is 79.2 Å². The highest BCUT2D eigenvalue weighted by Gasteiger charge is 2.17. The molecule has 0 radical (unpaired) electrons. The summed E-state index contributed by atoms with van der Waals surface area (Å²) >= 11 is 2.40. The maximum Gasteiger partial charge on any atom is 0.324 e. The van der Waals surface area contributed by atoms with Crippen LogP contribution in [-0.2, 0) is 0 Å². The van der Waals surface area contributed by atoms with Crippen LogP contribution in [0.25, 0.3) is 16.5 Å². The molecule has 1 unspecified atom stereocenters. The number of fused-ring (bicyclic) bond motifs is 1. The molecule has 0 aliphatic heterocycles. The third-order valence-electron chi connectivity index (χ3n) is 5.26. The zero-order valence-corrected chi connectivity index (χ0v) is 20.1. The summed E-state index contributed by atoms with van der Waals surface area (Å²) in [5.41, 5.74) is 3.59. The first-order valence-corrected chi connectivity index (χ1v) is 11.8. The lowest BCUT2D eigenvalue weighted by atomic mass is 10.1. The Hall–Kier alpha value is -3.07. The molecule has 0 saturated heterocycles. The standard InChI is InChI=1S/C25H25IN4O2/c1-3-6-20(26)22-15-24(30(29-22)17-11-9-16(2)10-12-17)28-25(32)27-21-13-14-23(31)19-8-5-4-7-18(19)21/h4-5,7-15,20,31H,3,6H2,1-2H3,(H2,27,28,32). The molecule has 0 bridgehead atoms. The Morgan fingerprint density at radius 1 is 1.06 bits per heavy atom. The van der Waals surface area contributed by atoms with Crippen molar-refractivity contribution >= 4 is 50.9 Å². The minimum atomic E-state index is -0.374. The molecular formula is C25H25IN4O2. The summed E-state index contributed by atoms with van der Waals surface area (Å²) in [4.78, 5) is 12.9. The summed E-state index contributed by atoms with van der Waals surface area (Å²) in [5, 5.41) is 22.2. The van der Waals surface area contributed by atoms with E-state index in [1.54, 1.807) is 16.8 Å². The number of nitrogens with one attached hydrogen (secondary N) is 2. The maximum atomic E-state index is 12.9. The number of hydrogen-bond donors (Lipinski definition) is 3. The number of carbonyl (C=O) groups is 1. The Morgan fingerprint density at radius 2 is 1.78 bits per heavy atom. The quantitative estimate of drug-likeness (QED) is 0.141. The zero-order valence-electron chi connectivity index (χ0n) is 18.0. The normalized spacial score (nSPS) is 12.0. The molecule has 6 nitrogen and oxygen atoms in total. The first kappa shape index (κ1) is 22.1. The van der Waals surface area contributed by atoms with Gasteiger partial charge >= 0.3 is 6.03 Å². The number of nitrogens with zero attached hydrogens (tertiary/aromatic N) is 2. The largest absolute Gasteiger partial charge is 0.507 e. The predicted octanol–water partition coefficient (Wildman–Crippen LogP) is 6.96. The van der Waals surface area contributed by atoms with E-state index in [1.807, 2.05) is 61.5 Å². The average Bonchev–Trinajstić information content (AvgIpc) is 3.20. The van der Waals surface area contributed by atoms with Crippen molar-refractivity contribution in [2.75, 3.05) is 10.6 Å². The highest BCUT2D eigenvalue weighted by atomic mass is 127. The average molecular weight is 540 g/mol. The zero-order chi connectivity index (χ0) is 22.7. The van der Waals surface area contributed by atoms with Crippen molar-refractivity contribution in [1.82, 2.24) is 9.78 Å². The van der Waals surface area contributed by atoms with Gasteiger partial charge in [0.2, 0.25) is 0 Å². The summed E-state index contributed by atoms with van der Waals surface area (Å²) in [6.45, 7) is 4.19. The summed E-state index contributed by atoms with van der Waals surface area (Å²) in [5.74, 6) is 0.778. The molecule has 1 atom stereocenters. The van der Waals surface area contributed by atoms with Crippen LogP contribution in [0.1, 0.15) is 34.9 Å². The molecule has 164 valence electrons. The Kier molecular flexibility index (Phi) is 6.64. The number of aryl methyl sites for hydroxylation is 1. The fourth-order valence-electron chi connectivity index (χ4n) is 3.59. The lowest BCUT2D eigenvalue weighted by Gasteiger charge is -2.12. The van der Waals surface area contributed by atoms with E-state index >= 15 is 0 Å². The van der Waals surface area contributed by atoms with Gasteiger partial charge in [0.15, 0.2) is 0 Å². The second-order valence-corrected chi connectivity index (χ2v) is 9.22. The number of benzene rings is 3. The summed E-state index contributed by atoms with van der Waals surface area (Å²) < 4.78 is 2.03. The summed E-state index contributed by atoms with van der Waals surface area (Å²) in [6.07, 6.45) is 2.07. The third kappa shape index (κ3) is 4.72. The second-order valence-electron chi connectivity index (χ2n) is 7.71. The molecule has 4 rings (SSSR count). The fraction of sp³-hybridized carbons (Fsp3) is 0.200. The molecule has 7 heteroatoms. The van der Waals surface area contributed by atoms with Gasteiger partial charge in [0, 0.05) is 16.8 Å². The van der Waals surface area contributed by atoms with Gasteiger partial charge in [-0.2, -0.15) is 5.10 Å². The lowest BCUT2D eigenvalue weighted by Crippen LogP contribution is -2.21. The number of anilines is 2. The van der Waals surface area contributed by atoms with Crippen LogP contribution >= 0.6 is 22.6 Å². The van der Waals surface area contributed by atoms with Crippen molar-refractivity contribution < 1.29 is 9.90 Å². The van der Waals surface area contributed by atoms with Gasteiger partial charge < -0.3 is 10.4 Å². The first-order valence-electron chi connectivity index (χ1n) is 10.6. The third-order valence-corrected chi connectivity index (χ3v) is 6.52. The van der Waals surface area contributed by atoms with Gasteiger partial charge in [-0.3, -0.25) is 5.32 Å². The maximum absolute atomic E-state index is 12.9. The number of carbonyl (C=O) groups excluding carboxylic acids is 1. The van der Waals surface area contributed by atoms with Gasteiger partial charge in [-0.15, -0.1) is 0 Å². The lowest BCUT2D eigenvalue weighted by molar-refractivity contribution is 0.262. The molecule has 0 spiro atoms. The van der Waals surface area contributed by atoms with E-state index in [0.717, 1.165) is 35.2 Å². The molecule has 2 amide bonds. The van der Waals surface area contributed by atoms with Gasteiger partial charge in [0.25, 0.3) is 0 Å². The number of hydrogen-bond acceptors (Lipinski definition) is 3. The number of phenols is 1. The molecule has 0 fully saturated rings. The fourth-order valence-corrected chi connectivity index (χ4v) is 4.51. The van der Waals surface area contributed by atoms with E-state index in [9.17, 15) is 9.90 Å². The van der Waals surface area contributed by atoms with Crippen LogP contribution in [0.15, 0.2) is 66.7 Å². The SMILES string of the molecule is CCCC(I)c1cc(NC(=O)Nc2ccc(O)c3ccccc23)n(-c2ccc(C)cc2)n1. The Bertz CT molecular complexity index is 1250. The second kappa shape index (κ2) is 9.60. The number of phenolic OH excluding ortho intramolecular Hbond substituents is 1. The van der Waals surface area contributed by atoms with Crippen LogP contribution < -0.4 is 10.6 Å². The van der Waals surface area contributed by atoms with Crippen molar-refractivity contribution in [3.8, 4) is 11.4 Å². The molecule has 1 aromatic heterocycles. The van der Waals surface area contributed by atoms with Crippen molar-refractivity contribution in [2.24, 2.45) is 0 Å². The van der Waals surface area contributed by atoms with Crippen molar-refractivity contribution in [3.63, 3.8) is 0 Å². The van der Waals surface area contributed by atoms with Gasteiger partial charge in [-0.1, -0.05) is 77.9 Å². The minimum absolute atomic E-state index is 0.178. The number of aromatic hydroxyl groups is 1. The molecule has 3 aromatic carbocycles. The summed E-state index contributed by atoms with van der Waals surface area (Å²) in [6, 6.07) is 20.3. The van der Waals surface area contributed by atoms with E-state index in [0.29, 0.717) is 16.9 Å². The van der Waals surface area contributed by atoms with Gasteiger partial charge in [0.05, 0.1) is 21.0 Å². The monoisotopic (exact) mass is 540 g/mol. The molecule has 0 aliphatic carbocycles. The van der Waals surface area contributed by atoms with E-state index in [1.165, 1.54) is 0 Å². The van der Waals surface area contributed by atoms with Crippen LogP contribution in [0.2, 0.25) is 0 Å². The molecular weight excluding hydrogens is 515 g/mol. The molecule has 0 aliphatic rings. The minimum Gasteiger partial charge on any atom is -0.507 e. The van der Waals surface area contributed by atoms with Crippen LogP contribution in [-0.4, -0.2) is 20.9 Å². The van der Waals surface area contributed by atoms with E-state index < -0.39 is 0 Å². The molecule has 1 heterocycles. The smallest absolute Gasteiger partial charge is 0.324 e. The molecule has 0 saturated carbocycles. The van der Waals surface area contributed by atoms with Crippen molar-refractivity contribution in [1.29, 1.82) is 0 Å². The number of rotatable bonds is 6. The van der Waals surface area contributed by atoms with E-state index in [-0.39, 0.29) is 15.7 Å². The highest BCUT2D eigenvalue weighted by molar-refractivity contribution is 14.1. The molecule has 4 aromatic rings. The van der Waals surface area contributed by atoms with Crippen LogP contribution in [0.3, 0.4) is 0 Å². The van der Waals surface area contributed by atoms with Gasteiger partial charge in [-0.05, 0) is 37.6 Å². The Morgan fingerprint density at radius 3 is 2.50 bits per heavy atom. The van der Waals surface area contributed by atoms with Crippen molar-refractivity contribution in [2.45, 2.75) is 30.6 Å². The number of aromatic nitrogens is 2. The van der Waals surface area contributed by atoms with E-state index in [2.05, 4.69) is 40.1 Å². The Labute approximate surface area is 200 Å².